The van der Waals surface area contributed by atoms with Crippen molar-refractivity contribution >= 4 is 23.2 Å². The number of thiophene rings is 1. The van der Waals surface area contributed by atoms with Gasteiger partial charge in [0.25, 0.3) is 0 Å². The Morgan fingerprint density at radius 3 is 1.85 bits per heavy atom. The zero-order valence-corrected chi connectivity index (χ0v) is 18.6. The van der Waals surface area contributed by atoms with E-state index in [1.165, 1.54) is 74.5 Å². The maximum Gasteiger partial charge on any atom is 0.505 e. The summed E-state index contributed by atoms with van der Waals surface area (Å²) >= 11 is 1.78. The predicted octanol–water partition coefficient (Wildman–Crippen LogP) is 6.51. The molecule has 1 saturated heterocycles. The number of rotatable bonds is 12. The second-order valence-corrected chi connectivity index (χ2v) is 9.78. The van der Waals surface area contributed by atoms with Gasteiger partial charge in [0.15, 0.2) is 0 Å². The van der Waals surface area contributed by atoms with Crippen LogP contribution in [0.3, 0.4) is 0 Å². The van der Waals surface area contributed by atoms with E-state index in [0.717, 1.165) is 6.42 Å². The van der Waals surface area contributed by atoms with Crippen molar-refractivity contribution in [3.63, 3.8) is 0 Å². The van der Waals surface area contributed by atoms with Gasteiger partial charge in [-0.15, -0.1) is 0 Å². The normalized spacial score (nSPS) is 18.6. The van der Waals surface area contributed by atoms with Crippen molar-refractivity contribution in [1.82, 2.24) is 0 Å². The van der Waals surface area contributed by atoms with Crippen molar-refractivity contribution in [3.8, 4) is 0 Å². The standard InChI is InChI=1S/C22H39BO2S/c1-6-7-8-9-10-11-12-13-14-15-16-19-17-18-26-20(19)23-24-21(2,3)22(4,5)25-23/h17-18H,6-16H2,1-5H3. The molecule has 1 aromatic heterocycles. The topological polar surface area (TPSA) is 18.5 Å². The largest absolute Gasteiger partial charge is 0.505 e. The van der Waals surface area contributed by atoms with Gasteiger partial charge in [-0.2, -0.15) is 11.3 Å². The molecule has 1 aliphatic heterocycles. The third kappa shape index (κ3) is 6.10. The lowest BCUT2D eigenvalue weighted by molar-refractivity contribution is 0.00578. The van der Waals surface area contributed by atoms with Gasteiger partial charge < -0.3 is 9.31 Å². The van der Waals surface area contributed by atoms with Crippen LogP contribution < -0.4 is 4.78 Å². The maximum absolute atomic E-state index is 6.24. The zero-order valence-electron chi connectivity index (χ0n) is 17.7. The summed E-state index contributed by atoms with van der Waals surface area (Å²) in [5.74, 6) is 0. The molecule has 0 aliphatic carbocycles. The van der Waals surface area contributed by atoms with Crippen LogP contribution in [0.1, 0.15) is 104 Å². The Morgan fingerprint density at radius 1 is 0.808 bits per heavy atom. The minimum atomic E-state index is -0.254. The summed E-state index contributed by atoms with van der Waals surface area (Å²) in [4.78, 5) is 0. The minimum Gasteiger partial charge on any atom is -0.399 e. The minimum absolute atomic E-state index is 0.196. The first-order valence-electron chi connectivity index (χ1n) is 10.8. The lowest BCUT2D eigenvalue weighted by atomic mass is 9.83. The molecule has 26 heavy (non-hydrogen) atoms. The summed E-state index contributed by atoms with van der Waals surface area (Å²) < 4.78 is 13.8. The average molecular weight is 378 g/mol. The van der Waals surface area contributed by atoms with E-state index in [9.17, 15) is 0 Å². The quantitative estimate of drug-likeness (QED) is 0.305. The van der Waals surface area contributed by atoms with Gasteiger partial charge in [-0.3, -0.25) is 0 Å². The molecule has 0 unspecified atom stereocenters. The second-order valence-electron chi connectivity index (χ2n) is 8.83. The fraction of sp³-hybridized carbons (Fsp3) is 0.818. The third-order valence-electron chi connectivity index (χ3n) is 6.05. The molecule has 4 heteroatoms. The van der Waals surface area contributed by atoms with Crippen LogP contribution in [-0.2, 0) is 15.7 Å². The van der Waals surface area contributed by atoms with Crippen LogP contribution in [0.4, 0.5) is 0 Å². The van der Waals surface area contributed by atoms with E-state index in [2.05, 4.69) is 46.1 Å². The monoisotopic (exact) mass is 378 g/mol. The predicted molar refractivity (Wildman–Crippen MR) is 116 cm³/mol. The molecule has 0 saturated carbocycles. The molecule has 0 bridgehead atoms. The molecule has 1 aromatic rings. The molecule has 0 aromatic carbocycles. The van der Waals surface area contributed by atoms with E-state index < -0.39 is 0 Å². The van der Waals surface area contributed by atoms with Crippen LogP contribution in [0.2, 0.25) is 0 Å². The highest BCUT2D eigenvalue weighted by atomic mass is 32.1. The first-order valence-corrected chi connectivity index (χ1v) is 11.7. The maximum atomic E-state index is 6.24. The van der Waals surface area contributed by atoms with Crippen LogP contribution >= 0.6 is 11.3 Å². The second kappa shape index (κ2) is 10.3. The molecular weight excluding hydrogens is 339 g/mol. The number of hydrogen-bond acceptors (Lipinski definition) is 3. The van der Waals surface area contributed by atoms with Crippen LogP contribution in [-0.4, -0.2) is 18.3 Å². The van der Waals surface area contributed by atoms with Crippen molar-refractivity contribution in [1.29, 1.82) is 0 Å². The zero-order chi connectivity index (χ0) is 19.0. The van der Waals surface area contributed by atoms with Crippen molar-refractivity contribution < 1.29 is 9.31 Å². The summed E-state index contributed by atoms with van der Waals surface area (Å²) in [6.45, 7) is 10.8. The highest BCUT2D eigenvalue weighted by Gasteiger charge is 2.52. The van der Waals surface area contributed by atoms with E-state index in [-0.39, 0.29) is 18.3 Å². The first-order chi connectivity index (χ1) is 12.4. The van der Waals surface area contributed by atoms with Gasteiger partial charge in [0.1, 0.15) is 0 Å². The van der Waals surface area contributed by atoms with Crippen LogP contribution in [0.15, 0.2) is 11.4 Å². The van der Waals surface area contributed by atoms with Gasteiger partial charge in [-0.25, -0.2) is 0 Å². The van der Waals surface area contributed by atoms with E-state index >= 15 is 0 Å². The van der Waals surface area contributed by atoms with Crippen molar-refractivity contribution in [3.05, 3.63) is 17.0 Å². The highest BCUT2D eigenvalue weighted by Crippen LogP contribution is 2.37. The van der Waals surface area contributed by atoms with E-state index in [1.807, 2.05) is 0 Å². The van der Waals surface area contributed by atoms with Gasteiger partial charge in [-0.05, 0) is 57.5 Å². The molecule has 0 N–H and O–H groups in total. The Kier molecular flexibility index (Phi) is 8.70. The van der Waals surface area contributed by atoms with Crippen molar-refractivity contribution in [2.24, 2.45) is 0 Å². The molecule has 0 radical (unpaired) electrons. The molecule has 0 atom stereocenters. The molecule has 148 valence electrons. The lowest BCUT2D eigenvalue weighted by Crippen LogP contribution is -2.41. The van der Waals surface area contributed by atoms with Crippen molar-refractivity contribution in [2.45, 2.75) is 116 Å². The molecule has 1 fully saturated rings. The molecule has 0 amide bonds. The summed E-state index contributed by atoms with van der Waals surface area (Å²) in [6, 6.07) is 2.26. The molecule has 2 rings (SSSR count). The first kappa shape index (κ1) is 22.0. The highest BCUT2D eigenvalue weighted by molar-refractivity contribution is 7.21. The summed E-state index contributed by atoms with van der Waals surface area (Å²) in [7, 11) is -0.196. The summed E-state index contributed by atoms with van der Waals surface area (Å²) in [5, 5.41) is 2.19. The van der Waals surface area contributed by atoms with Gasteiger partial charge in [0.2, 0.25) is 0 Å². The van der Waals surface area contributed by atoms with Crippen LogP contribution in [0, 0.1) is 0 Å². The van der Waals surface area contributed by atoms with E-state index in [4.69, 9.17) is 9.31 Å². The number of aryl methyl sites for hydroxylation is 1. The van der Waals surface area contributed by atoms with E-state index in [0.29, 0.717) is 0 Å². The molecule has 1 aliphatic rings. The Balaban J connectivity index is 1.65. The third-order valence-corrected chi connectivity index (χ3v) is 7.03. The van der Waals surface area contributed by atoms with Crippen LogP contribution in [0.5, 0.6) is 0 Å². The SMILES string of the molecule is CCCCCCCCCCCCc1ccsc1B1OC(C)(C)C(C)(C)O1. The number of hydrogen-bond donors (Lipinski definition) is 0. The lowest BCUT2D eigenvalue weighted by Gasteiger charge is -2.32. The molecule has 0 spiro atoms. The Labute approximate surface area is 166 Å². The van der Waals surface area contributed by atoms with Crippen LogP contribution in [0.25, 0.3) is 0 Å². The van der Waals surface area contributed by atoms with Gasteiger partial charge in [-0.1, -0.05) is 64.7 Å². The Bertz CT molecular complexity index is 508. The van der Waals surface area contributed by atoms with E-state index in [1.54, 1.807) is 11.3 Å². The summed E-state index contributed by atoms with van der Waals surface area (Å²) in [6.07, 6.45) is 15.0. The number of unbranched alkanes of at least 4 members (excludes halogenated alkanes) is 9. The molecule has 2 heterocycles. The molecular formula is C22H39BO2S. The summed E-state index contributed by atoms with van der Waals surface area (Å²) in [5.41, 5.74) is 0.916. The van der Waals surface area contributed by atoms with Crippen molar-refractivity contribution in [2.75, 3.05) is 0 Å². The molecule has 2 nitrogen and oxygen atoms in total. The fourth-order valence-corrected chi connectivity index (χ4v) is 4.42. The van der Waals surface area contributed by atoms with Gasteiger partial charge >= 0.3 is 7.12 Å². The Hall–Kier alpha value is -0.315. The fourth-order valence-electron chi connectivity index (χ4n) is 3.51. The van der Waals surface area contributed by atoms with Gasteiger partial charge in [0, 0.05) is 4.78 Å². The van der Waals surface area contributed by atoms with Gasteiger partial charge in [0.05, 0.1) is 11.2 Å². The average Bonchev–Trinajstić information content (AvgIpc) is 3.11. The smallest absolute Gasteiger partial charge is 0.399 e. The Morgan fingerprint density at radius 2 is 1.31 bits per heavy atom.